The van der Waals surface area contributed by atoms with Gasteiger partial charge in [-0.15, -0.1) is 10.2 Å². The van der Waals surface area contributed by atoms with Gasteiger partial charge in [0.25, 0.3) is 5.91 Å². The van der Waals surface area contributed by atoms with Crippen molar-refractivity contribution in [1.29, 1.82) is 0 Å². The Balaban J connectivity index is 1.71. The van der Waals surface area contributed by atoms with Crippen LogP contribution in [-0.4, -0.2) is 43.6 Å². The van der Waals surface area contributed by atoms with Crippen molar-refractivity contribution in [3.63, 3.8) is 0 Å². The van der Waals surface area contributed by atoms with Gasteiger partial charge in [-0.05, 0) is 11.3 Å². The number of nitrogens with zero attached hydrogens (tertiary/aromatic N) is 5. The first-order valence-electron chi connectivity index (χ1n) is 11.6. The molecule has 0 saturated carbocycles. The third-order valence-electron chi connectivity index (χ3n) is 5.89. The van der Waals surface area contributed by atoms with Gasteiger partial charge in [0.2, 0.25) is 11.8 Å². The van der Waals surface area contributed by atoms with Crippen LogP contribution in [0.15, 0.2) is 34.7 Å². The Morgan fingerprint density at radius 3 is 2.48 bits per heavy atom. The van der Waals surface area contributed by atoms with Gasteiger partial charge in [0.1, 0.15) is 11.9 Å². The molecule has 8 nitrogen and oxygen atoms in total. The van der Waals surface area contributed by atoms with Crippen LogP contribution in [0, 0.1) is 18.3 Å². The number of hydrogen-bond donors (Lipinski definition) is 1. The number of nitrogens with one attached hydrogen (secondary N) is 1. The van der Waals surface area contributed by atoms with Gasteiger partial charge in [0.15, 0.2) is 5.69 Å². The van der Waals surface area contributed by atoms with Crippen molar-refractivity contribution in [3.05, 3.63) is 53.5 Å². The van der Waals surface area contributed by atoms with Gasteiger partial charge in [-0.3, -0.25) is 9.69 Å². The van der Waals surface area contributed by atoms with E-state index in [1.807, 2.05) is 51.1 Å². The Kier molecular flexibility index (Phi) is 6.38. The second kappa shape index (κ2) is 9.09. The predicted molar refractivity (Wildman–Crippen MR) is 126 cm³/mol. The highest BCUT2D eigenvalue weighted by Crippen LogP contribution is 2.33. The molecule has 0 fully saturated rings. The zero-order chi connectivity index (χ0) is 23.8. The fourth-order valence-electron chi connectivity index (χ4n) is 4.36. The van der Waals surface area contributed by atoms with Crippen molar-refractivity contribution in [2.45, 2.75) is 60.7 Å². The highest BCUT2D eigenvalue weighted by molar-refractivity contribution is 5.94. The number of benzene rings is 1. The Morgan fingerprint density at radius 2 is 1.88 bits per heavy atom. The molecule has 33 heavy (non-hydrogen) atoms. The summed E-state index contributed by atoms with van der Waals surface area (Å²) in [6.45, 7) is 15.7. The molecule has 1 aromatic carbocycles. The molecule has 0 radical (unpaired) electrons. The van der Waals surface area contributed by atoms with Crippen molar-refractivity contribution < 1.29 is 9.21 Å². The first-order valence-corrected chi connectivity index (χ1v) is 11.6. The number of carbonyl (C=O) groups excluding carboxylic acids is 1. The second-order valence-electron chi connectivity index (χ2n) is 10.3. The number of fused-ring (bicyclic) bond motifs is 1. The predicted octanol–water partition coefficient (Wildman–Crippen LogP) is 4.23. The standard InChI is InChI=1S/C25H34N6O2/c1-16(2)14-30-12-13-31-19(15-30)20(26-22(31)18-10-8-7-9-11-18)23(32)27-21(25(4,5)6)24-29-28-17(3)33-24/h7-11,16,21H,12-15H2,1-6H3,(H,27,32). The minimum Gasteiger partial charge on any atom is -0.423 e. The van der Waals surface area contributed by atoms with Crippen LogP contribution in [0.2, 0.25) is 0 Å². The molecular weight excluding hydrogens is 416 g/mol. The van der Waals surface area contributed by atoms with Crippen molar-refractivity contribution in [3.8, 4) is 11.4 Å². The fourth-order valence-corrected chi connectivity index (χ4v) is 4.36. The summed E-state index contributed by atoms with van der Waals surface area (Å²) in [6, 6.07) is 9.63. The molecule has 1 unspecified atom stereocenters. The third-order valence-corrected chi connectivity index (χ3v) is 5.89. The van der Waals surface area contributed by atoms with E-state index in [-0.39, 0.29) is 11.3 Å². The van der Waals surface area contributed by atoms with E-state index in [0.29, 0.717) is 29.9 Å². The lowest BCUT2D eigenvalue weighted by Gasteiger charge is -2.31. The smallest absolute Gasteiger partial charge is 0.272 e. The second-order valence-corrected chi connectivity index (χ2v) is 10.3. The van der Waals surface area contributed by atoms with Gasteiger partial charge in [-0.2, -0.15) is 0 Å². The van der Waals surface area contributed by atoms with Crippen molar-refractivity contribution >= 4 is 5.91 Å². The van der Waals surface area contributed by atoms with Crippen LogP contribution >= 0.6 is 0 Å². The van der Waals surface area contributed by atoms with Crippen molar-refractivity contribution in [2.75, 3.05) is 13.1 Å². The normalized spacial score (nSPS) is 15.5. The highest BCUT2D eigenvalue weighted by Gasteiger charge is 2.35. The third kappa shape index (κ3) is 5.00. The molecule has 2 aromatic heterocycles. The molecule has 1 amide bonds. The van der Waals surface area contributed by atoms with Crippen LogP contribution in [0.3, 0.4) is 0 Å². The number of aromatic nitrogens is 4. The van der Waals surface area contributed by atoms with Gasteiger partial charge in [-0.25, -0.2) is 4.98 Å². The van der Waals surface area contributed by atoms with E-state index in [0.717, 1.165) is 36.7 Å². The van der Waals surface area contributed by atoms with Crippen molar-refractivity contribution in [2.24, 2.45) is 11.3 Å². The maximum Gasteiger partial charge on any atom is 0.272 e. The SMILES string of the molecule is Cc1nnc(C(NC(=O)c2nc(-c3ccccc3)n3c2CN(CC(C)C)CC3)C(C)(C)C)o1. The van der Waals surface area contributed by atoms with E-state index in [9.17, 15) is 4.79 Å². The Morgan fingerprint density at radius 1 is 1.15 bits per heavy atom. The average Bonchev–Trinajstić information content (AvgIpc) is 3.34. The fraction of sp³-hybridized carbons (Fsp3) is 0.520. The molecule has 176 valence electrons. The minimum absolute atomic E-state index is 0.219. The number of rotatable bonds is 6. The molecule has 1 aliphatic rings. The molecule has 4 rings (SSSR count). The van der Waals surface area contributed by atoms with Crippen LogP contribution in [0.1, 0.15) is 68.6 Å². The quantitative estimate of drug-likeness (QED) is 0.605. The molecule has 0 bridgehead atoms. The number of carbonyl (C=O) groups is 1. The van der Waals surface area contributed by atoms with Crippen molar-refractivity contribution in [1.82, 2.24) is 30.0 Å². The first-order chi connectivity index (χ1) is 15.6. The largest absolute Gasteiger partial charge is 0.423 e. The zero-order valence-corrected chi connectivity index (χ0v) is 20.4. The van der Waals surface area contributed by atoms with E-state index in [1.54, 1.807) is 6.92 Å². The molecule has 1 atom stereocenters. The molecule has 3 heterocycles. The lowest BCUT2D eigenvalue weighted by molar-refractivity contribution is 0.0876. The molecule has 0 spiro atoms. The summed E-state index contributed by atoms with van der Waals surface area (Å²) in [5.74, 6) is 2.05. The van der Waals surface area contributed by atoms with E-state index in [2.05, 4.69) is 38.8 Å². The Bertz CT molecular complexity index is 1110. The van der Waals surface area contributed by atoms with Crippen LogP contribution in [0.5, 0.6) is 0 Å². The van der Waals surface area contributed by atoms with E-state index in [4.69, 9.17) is 9.40 Å². The van der Waals surface area contributed by atoms with Crippen LogP contribution in [0.4, 0.5) is 0 Å². The number of hydrogen-bond acceptors (Lipinski definition) is 6. The van der Waals surface area contributed by atoms with E-state index >= 15 is 0 Å². The topological polar surface area (TPSA) is 89.1 Å². The molecule has 8 heteroatoms. The van der Waals surface area contributed by atoms with Gasteiger partial charge >= 0.3 is 0 Å². The summed E-state index contributed by atoms with van der Waals surface area (Å²) in [7, 11) is 0. The summed E-state index contributed by atoms with van der Waals surface area (Å²) in [4.78, 5) is 20.9. The van der Waals surface area contributed by atoms with E-state index < -0.39 is 6.04 Å². The zero-order valence-electron chi connectivity index (χ0n) is 20.4. The van der Waals surface area contributed by atoms with Gasteiger partial charge in [0, 0.05) is 38.7 Å². The summed E-state index contributed by atoms with van der Waals surface area (Å²) in [5.41, 5.74) is 2.11. The average molecular weight is 451 g/mol. The molecule has 3 aromatic rings. The summed E-state index contributed by atoms with van der Waals surface area (Å²) >= 11 is 0. The highest BCUT2D eigenvalue weighted by atomic mass is 16.4. The summed E-state index contributed by atoms with van der Waals surface area (Å²) in [6.07, 6.45) is 0. The minimum atomic E-state index is -0.431. The summed E-state index contributed by atoms with van der Waals surface area (Å²) < 4.78 is 7.88. The van der Waals surface area contributed by atoms with Crippen LogP contribution < -0.4 is 5.32 Å². The number of imidazole rings is 1. The molecular formula is C25H34N6O2. The monoisotopic (exact) mass is 450 g/mol. The first kappa shape index (κ1) is 23.2. The Hall–Kier alpha value is -3.00. The van der Waals surface area contributed by atoms with Gasteiger partial charge < -0.3 is 14.3 Å². The van der Waals surface area contributed by atoms with E-state index in [1.165, 1.54) is 0 Å². The molecule has 0 saturated heterocycles. The van der Waals surface area contributed by atoms with Crippen LogP contribution in [-0.2, 0) is 13.1 Å². The lowest BCUT2D eigenvalue weighted by Crippen LogP contribution is -2.39. The van der Waals surface area contributed by atoms with Gasteiger partial charge in [0.05, 0.1) is 5.69 Å². The number of amides is 1. The number of aryl methyl sites for hydroxylation is 1. The molecule has 1 N–H and O–H groups in total. The lowest BCUT2D eigenvalue weighted by atomic mass is 9.86. The molecule has 0 aliphatic carbocycles. The molecule has 1 aliphatic heterocycles. The summed E-state index contributed by atoms with van der Waals surface area (Å²) in [5, 5.41) is 11.3. The van der Waals surface area contributed by atoms with Crippen LogP contribution in [0.25, 0.3) is 11.4 Å². The maximum absolute atomic E-state index is 13.6. The maximum atomic E-state index is 13.6. The van der Waals surface area contributed by atoms with Gasteiger partial charge in [-0.1, -0.05) is 65.0 Å². The Labute approximate surface area is 195 Å².